The average molecular weight is 268 g/mol. The summed E-state index contributed by atoms with van der Waals surface area (Å²) in [6.07, 6.45) is 11.1. The van der Waals surface area contributed by atoms with Crippen LogP contribution in [0.25, 0.3) is 5.52 Å². The third kappa shape index (κ3) is 1.67. The maximum absolute atomic E-state index is 4.68. The fourth-order valence-corrected chi connectivity index (χ4v) is 3.86. The molecule has 2 aromatic heterocycles. The number of hydrogen-bond donors (Lipinski definition) is 0. The van der Waals surface area contributed by atoms with Crippen molar-refractivity contribution in [2.45, 2.75) is 51.6 Å². The number of piperidine rings is 1. The van der Waals surface area contributed by atoms with Crippen LogP contribution in [0.15, 0.2) is 30.1 Å². The Labute approximate surface area is 119 Å². The molecule has 0 aromatic carbocycles. The Bertz CT molecular complexity index is 669. The Hall–Kier alpha value is -1.84. The van der Waals surface area contributed by atoms with Crippen LogP contribution in [-0.2, 0) is 0 Å². The number of aromatic nitrogens is 3. The third-order valence-corrected chi connectivity index (χ3v) is 4.76. The van der Waals surface area contributed by atoms with Gasteiger partial charge < -0.3 is 4.90 Å². The van der Waals surface area contributed by atoms with Gasteiger partial charge in [-0.1, -0.05) is 11.6 Å². The summed E-state index contributed by atoms with van der Waals surface area (Å²) in [7, 11) is 0. The highest BCUT2D eigenvalue weighted by Gasteiger charge is 2.39. The Balaban J connectivity index is 1.80. The zero-order valence-corrected chi connectivity index (χ0v) is 12.1. The summed E-state index contributed by atoms with van der Waals surface area (Å²) in [5, 5.41) is 4.51. The first-order valence-electron chi connectivity index (χ1n) is 7.49. The van der Waals surface area contributed by atoms with E-state index in [1.165, 1.54) is 25.7 Å². The number of nitrogens with zero attached hydrogens (tertiary/aromatic N) is 4. The highest BCUT2D eigenvalue weighted by atomic mass is 15.3. The summed E-state index contributed by atoms with van der Waals surface area (Å²) in [6, 6.07) is 3.38. The third-order valence-electron chi connectivity index (χ3n) is 4.76. The summed E-state index contributed by atoms with van der Waals surface area (Å²) in [4.78, 5) is 7.24. The lowest BCUT2D eigenvalue weighted by atomic mass is 9.96. The molecule has 0 saturated carbocycles. The van der Waals surface area contributed by atoms with E-state index >= 15 is 0 Å². The number of aryl methyl sites for hydroxylation is 1. The van der Waals surface area contributed by atoms with E-state index in [2.05, 4.69) is 34.0 Å². The van der Waals surface area contributed by atoms with Gasteiger partial charge in [-0.3, -0.25) is 0 Å². The molecule has 0 spiro atoms. The predicted molar refractivity (Wildman–Crippen MR) is 80.0 cm³/mol. The molecule has 4 nitrogen and oxygen atoms in total. The van der Waals surface area contributed by atoms with Crippen LogP contribution in [0.2, 0.25) is 0 Å². The van der Waals surface area contributed by atoms with Crippen molar-refractivity contribution >= 4 is 11.3 Å². The molecule has 0 radical (unpaired) electrons. The molecule has 2 bridgehead atoms. The minimum Gasteiger partial charge on any atom is -0.348 e. The van der Waals surface area contributed by atoms with Crippen molar-refractivity contribution in [3.05, 3.63) is 35.8 Å². The van der Waals surface area contributed by atoms with Crippen molar-refractivity contribution in [3.63, 3.8) is 0 Å². The normalized spacial score (nSPS) is 25.5. The van der Waals surface area contributed by atoms with Crippen molar-refractivity contribution in [1.82, 2.24) is 14.6 Å². The molecule has 2 atom stereocenters. The number of allylic oxidation sites excluding steroid dienone is 1. The first kappa shape index (κ1) is 11.9. The van der Waals surface area contributed by atoms with E-state index in [-0.39, 0.29) is 0 Å². The van der Waals surface area contributed by atoms with E-state index in [1.807, 2.05) is 23.8 Å². The van der Waals surface area contributed by atoms with Gasteiger partial charge in [-0.25, -0.2) is 9.50 Å². The van der Waals surface area contributed by atoms with Gasteiger partial charge in [-0.2, -0.15) is 5.10 Å². The van der Waals surface area contributed by atoms with E-state index in [0.717, 1.165) is 17.0 Å². The van der Waals surface area contributed by atoms with Crippen LogP contribution in [-0.4, -0.2) is 26.7 Å². The molecule has 20 heavy (non-hydrogen) atoms. The molecule has 2 unspecified atom stereocenters. The molecule has 0 aliphatic carbocycles. The second-order valence-electron chi connectivity index (χ2n) is 6.01. The predicted octanol–water partition coefficient (Wildman–Crippen LogP) is 3.12. The minimum absolute atomic E-state index is 0.619. The average Bonchev–Trinajstić information content (AvgIpc) is 2.94. The maximum atomic E-state index is 4.68. The topological polar surface area (TPSA) is 33.4 Å². The fourth-order valence-electron chi connectivity index (χ4n) is 3.86. The SMILES string of the molecule is CC=C1CC2CCC(C1)N2c1nccn2nc(C)cc12. The molecular formula is C16H20N4. The summed E-state index contributed by atoms with van der Waals surface area (Å²) in [5.41, 5.74) is 3.81. The lowest BCUT2D eigenvalue weighted by molar-refractivity contribution is 0.544. The van der Waals surface area contributed by atoms with Crippen LogP contribution in [0.4, 0.5) is 5.82 Å². The van der Waals surface area contributed by atoms with Crippen LogP contribution in [0.3, 0.4) is 0 Å². The molecule has 2 saturated heterocycles. The van der Waals surface area contributed by atoms with Crippen molar-refractivity contribution in [3.8, 4) is 0 Å². The van der Waals surface area contributed by atoms with Gasteiger partial charge >= 0.3 is 0 Å². The van der Waals surface area contributed by atoms with Gasteiger partial charge in [-0.05, 0) is 45.6 Å². The van der Waals surface area contributed by atoms with Crippen molar-refractivity contribution in [2.24, 2.45) is 0 Å². The van der Waals surface area contributed by atoms with Gasteiger partial charge in [0, 0.05) is 24.5 Å². The highest BCUT2D eigenvalue weighted by Crippen LogP contribution is 2.41. The first-order valence-corrected chi connectivity index (χ1v) is 7.49. The molecule has 2 aliphatic rings. The number of anilines is 1. The lowest BCUT2D eigenvalue weighted by Crippen LogP contribution is -2.41. The molecule has 2 aromatic rings. The van der Waals surface area contributed by atoms with E-state index in [9.17, 15) is 0 Å². The van der Waals surface area contributed by atoms with Crippen molar-refractivity contribution < 1.29 is 0 Å². The molecule has 4 rings (SSSR count). The first-order chi connectivity index (χ1) is 9.76. The van der Waals surface area contributed by atoms with Crippen LogP contribution in [0.1, 0.15) is 38.3 Å². The smallest absolute Gasteiger partial charge is 0.155 e. The minimum atomic E-state index is 0.619. The van der Waals surface area contributed by atoms with Crippen molar-refractivity contribution in [1.29, 1.82) is 0 Å². The number of hydrogen-bond acceptors (Lipinski definition) is 3. The number of fused-ring (bicyclic) bond motifs is 3. The van der Waals surface area contributed by atoms with Crippen LogP contribution in [0.5, 0.6) is 0 Å². The van der Waals surface area contributed by atoms with Gasteiger partial charge in [0.2, 0.25) is 0 Å². The van der Waals surface area contributed by atoms with Gasteiger partial charge in [0.25, 0.3) is 0 Å². The molecule has 4 heterocycles. The van der Waals surface area contributed by atoms with Crippen LogP contribution >= 0.6 is 0 Å². The second kappa shape index (κ2) is 4.33. The van der Waals surface area contributed by atoms with Crippen LogP contribution in [0, 0.1) is 6.92 Å². The summed E-state index contributed by atoms with van der Waals surface area (Å²) >= 11 is 0. The zero-order chi connectivity index (χ0) is 13.7. The summed E-state index contributed by atoms with van der Waals surface area (Å²) in [5.74, 6) is 1.12. The van der Waals surface area contributed by atoms with E-state index in [1.54, 1.807) is 5.57 Å². The Kier molecular flexibility index (Phi) is 2.59. The second-order valence-corrected chi connectivity index (χ2v) is 6.01. The molecular weight excluding hydrogens is 248 g/mol. The monoisotopic (exact) mass is 268 g/mol. The molecule has 0 amide bonds. The van der Waals surface area contributed by atoms with Gasteiger partial charge in [0.15, 0.2) is 5.82 Å². The van der Waals surface area contributed by atoms with Gasteiger partial charge in [0.1, 0.15) is 5.52 Å². The maximum Gasteiger partial charge on any atom is 0.155 e. The van der Waals surface area contributed by atoms with Crippen molar-refractivity contribution in [2.75, 3.05) is 4.90 Å². The zero-order valence-electron chi connectivity index (χ0n) is 12.1. The highest BCUT2D eigenvalue weighted by molar-refractivity contribution is 5.70. The fraction of sp³-hybridized carbons (Fsp3) is 0.500. The van der Waals surface area contributed by atoms with Gasteiger partial charge in [-0.15, -0.1) is 0 Å². The van der Waals surface area contributed by atoms with E-state index in [4.69, 9.17) is 0 Å². The largest absolute Gasteiger partial charge is 0.348 e. The Morgan fingerprint density at radius 3 is 2.70 bits per heavy atom. The van der Waals surface area contributed by atoms with Crippen LogP contribution < -0.4 is 4.90 Å². The Morgan fingerprint density at radius 2 is 2.00 bits per heavy atom. The van der Waals surface area contributed by atoms with E-state index < -0.39 is 0 Å². The quantitative estimate of drug-likeness (QED) is 0.745. The molecule has 2 fully saturated rings. The summed E-state index contributed by atoms with van der Waals surface area (Å²) < 4.78 is 1.96. The molecule has 2 aliphatic heterocycles. The summed E-state index contributed by atoms with van der Waals surface area (Å²) in [6.45, 7) is 4.21. The standard InChI is InChI=1S/C16H20N4/c1-3-12-9-13-4-5-14(10-12)20(13)16-15-8-11(2)18-19(15)7-6-17-16/h3,6-8,13-14H,4-5,9-10H2,1-2H3. The molecule has 4 heteroatoms. The number of rotatable bonds is 1. The van der Waals surface area contributed by atoms with Gasteiger partial charge in [0.05, 0.1) is 5.69 Å². The lowest BCUT2D eigenvalue weighted by Gasteiger charge is -2.37. The van der Waals surface area contributed by atoms with E-state index in [0.29, 0.717) is 12.1 Å². The molecule has 104 valence electrons. The molecule has 0 N–H and O–H groups in total. The Morgan fingerprint density at radius 1 is 1.25 bits per heavy atom.